The summed E-state index contributed by atoms with van der Waals surface area (Å²) in [4.78, 5) is 5.96. The van der Waals surface area contributed by atoms with E-state index in [-0.39, 0.29) is 0 Å². The van der Waals surface area contributed by atoms with Crippen LogP contribution in [0.15, 0.2) is 22.8 Å². The smallest absolute Gasteiger partial charge is 0.162 e. The highest BCUT2D eigenvalue weighted by molar-refractivity contribution is 7.79. The summed E-state index contributed by atoms with van der Waals surface area (Å²) in [7, 11) is 0. The summed E-state index contributed by atoms with van der Waals surface area (Å²) in [6, 6.07) is 3.85. The average molecular weight is 237 g/mol. The highest BCUT2D eigenvalue weighted by atomic mass is 32.1. The highest BCUT2D eigenvalue weighted by Crippen LogP contribution is 2.44. The van der Waals surface area contributed by atoms with E-state index in [0.717, 1.165) is 16.5 Å². The minimum absolute atomic E-state index is 0.687. The summed E-state index contributed by atoms with van der Waals surface area (Å²) in [5.74, 6) is 2.34. The van der Waals surface area contributed by atoms with Crippen LogP contribution in [0.25, 0.3) is 10.8 Å². The molecule has 2 heterocycles. The van der Waals surface area contributed by atoms with E-state index in [4.69, 9.17) is 4.42 Å². The molecular weight excluding hydrogens is 226 g/mol. The van der Waals surface area contributed by atoms with Gasteiger partial charge in [-0.05, 0) is 25.0 Å². The Labute approximate surface area is 97.8 Å². The molecule has 1 aliphatic carbocycles. The summed E-state index contributed by atoms with van der Waals surface area (Å²) in [5, 5.41) is 0.992. The molecule has 0 aliphatic heterocycles. The fourth-order valence-electron chi connectivity index (χ4n) is 1.66. The fourth-order valence-corrected chi connectivity index (χ4v) is 2.99. The third kappa shape index (κ3) is 1.72. The summed E-state index contributed by atoms with van der Waals surface area (Å²) in [6.45, 7) is 0. The van der Waals surface area contributed by atoms with Crippen molar-refractivity contribution in [1.29, 1.82) is 0 Å². The van der Waals surface area contributed by atoms with E-state index in [9.17, 15) is 0 Å². The summed E-state index contributed by atoms with van der Waals surface area (Å²) in [6.07, 6.45) is 4.25. The maximum Gasteiger partial charge on any atom is 0.162 e. The number of furan rings is 1. The number of hydrogen-bond donors (Lipinski definition) is 1. The second-order valence-electron chi connectivity index (χ2n) is 3.74. The Hall–Kier alpha value is -0.740. The van der Waals surface area contributed by atoms with Crippen molar-refractivity contribution in [1.82, 2.24) is 4.98 Å². The number of hydrogen-bond acceptors (Lipinski definition) is 4. The van der Waals surface area contributed by atoms with Gasteiger partial charge in [0.15, 0.2) is 10.8 Å². The van der Waals surface area contributed by atoms with Gasteiger partial charge in [-0.1, -0.05) is 0 Å². The standard InChI is InChI=1S/C11H11NOS2/c14-6-9-10(7-3-4-7)12-11(15-9)8-2-1-5-13-8/h1-2,5,7,14H,3-4,6H2. The molecule has 4 heteroatoms. The third-order valence-electron chi connectivity index (χ3n) is 2.57. The Morgan fingerprint density at radius 3 is 3.00 bits per heavy atom. The lowest BCUT2D eigenvalue weighted by atomic mass is 10.3. The van der Waals surface area contributed by atoms with Crippen molar-refractivity contribution >= 4 is 24.0 Å². The first-order chi connectivity index (χ1) is 7.38. The molecule has 1 aliphatic rings. The molecule has 2 nitrogen and oxygen atoms in total. The second kappa shape index (κ2) is 3.68. The van der Waals surface area contributed by atoms with Gasteiger partial charge in [0, 0.05) is 16.5 Å². The molecule has 0 unspecified atom stereocenters. The zero-order valence-corrected chi connectivity index (χ0v) is 9.85. The van der Waals surface area contributed by atoms with Crippen molar-refractivity contribution in [3.8, 4) is 10.8 Å². The molecule has 3 rings (SSSR count). The van der Waals surface area contributed by atoms with Crippen molar-refractivity contribution in [2.24, 2.45) is 0 Å². The Kier molecular flexibility index (Phi) is 2.33. The Morgan fingerprint density at radius 2 is 2.40 bits per heavy atom. The van der Waals surface area contributed by atoms with Gasteiger partial charge >= 0.3 is 0 Å². The third-order valence-corrected chi connectivity index (χ3v) is 4.18. The van der Waals surface area contributed by atoms with Crippen LogP contribution in [0.4, 0.5) is 0 Å². The highest BCUT2D eigenvalue weighted by Gasteiger charge is 2.29. The second-order valence-corrected chi connectivity index (χ2v) is 5.14. The van der Waals surface area contributed by atoms with Crippen LogP contribution in [0.3, 0.4) is 0 Å². The van der Waals surface area contributed by atoms with E-state index in [2.05, 4.69) is 17.6 Å². The lowest BCUT2D eigenvalue weighted by Gasteiger charge is -1.92. The van der Waals surface area contributed by atoms with E-state index in [1.807, 2.05) is 12.1 Å². The van der Waals surface area contributed by atoms with Gasteiger partial charge in [-0.15, -0.1) is 11.3 Å². The minimum Gasteiger partial charge on any atom is -0.462 e. The Bertz CT molecular complexity index is 457. The maximum atomic E-state index is 5.36. The SMILES string of the molecule is SCc1sc(-c2ccco2)nc1C1CC1. The minimum atomic E-state index is 0.687. The number of nitrogens with zero attached hydrogens (tertiary/aromatic N) is 1. The van der Waals surface area contributed by atoms with Crippen molar-refractivity contribution < 1.29 is 4.42 Å². The van der Waals surface area contributed by atoms with E-state index in [1.165, 1.54) is 23.4 Å². The largest absolute Gasteiger partial charge is 0.462 e. The number of aromatic nitrogens is 1. The van der Waals surface area contributed by atoms with Gasteiger partial charge in [0.2, 0.25) is 0 Å². The molecule has 0 N–H and O–H groups in total. The monoisotopic (exact) mass is 237 g/mol. The van der Waals surface area contributed by atoms with Gasteiger partial charge in [0.25, 0.3) is 0 Å². The van der Waals surface area contributed by atoms with Crippen molar-refractivity contribution in [2.45, 2.75) is 24.5 Å². The predicted molar refractivity (Wildman–Crippen MR) is 64.5 cm³/mol. The van der Waals surface area contributed by atoms with Gasteiger partial charge in [-0.25, -0.2) is 4.98 Å². The first-order valence-electron chi connectivity index (χ1n) is 5.03. The van der Waals surface area contributed by atoms with Gasteiger partial charge in [-0.3, -0.25) is 0 Å². The van der Waals surface area contributed by atoms with Crippen LogP contribution in [0.2, 0.25) is 0 Å². The molecule has 2 aromatic heterocycles. The van der Waals surface area contributed by atoms with Crippen LogP contribution in [0.5, 0.6) is 0 Å². The van der Waals surface area contributed by atoms with E-state index in [0.29, 0.717) is 5.92 Å². The van der Waals surface area contributed by atoms with E-state index in [1.54, 1.807) is 17.6 Å². The van der Waals surface area contributed by atoms with Crippen LogP contribution in [-0.4, -0.2) is 4.98 Å². The van der Waals surface area contributed by atoms with Crippen molar-refractivity contribution in [3.05, 3.63) is 29.0 Å². The number of rotatable bonds is 3. The fraction of sp³-hybridized carbons (Fsp3) is 0.364. The summed E-state index contributed by atoms with van der Waals surface area (Å²) < 4.78 is 5.36. The Balaban J connectivity index is 2.03. The molecule has 0 radical (unpaired) electrons. The topological polar surface area (TPSA) is 26.0 Å². The van der Waals surface area contributed by atoms with Crippen LogP contribution >= 0.6 is 24.0 Å². The molecular formula is C11H11NOS2. The molecule has 0 amide bonds. The molecule has 1 fully saturated rings. The van der Waals surface area contributed by atoms with Crippen LogP contribution in [0, 0.1) is 0 Å². The normalized spacial score (nSPS) is 15.8. The summed E-state index contributed by atoms with van der Waals surface area (Å²) in [5.41, 5.74) is 1.25. The molecule has 0 bridgehead atoms. The van der Waals surface area contributed by atoms with Gasteiger partial charge in [0.1, 0.15) is 0 Å². The number of thiol groups is 1. The lowest BCUT2D eigenvalue weighted by Crippen LogP contribution is -1.84. The molecule has 1 saturated carbocycles. The van der Waals surface area contributed by atoms with Gasteiger partial charge in [-0.2, -0.15) is 12.6 Å². The maximum absolute atomic E-state index is 5.36. The van der Waals surface area contributed by atoms with Crippen molar-refractivity contribution in [3.63, 3.8) is 0 Å². The van der Waals surface area contributed by atoms with E-state index < -0.39 is 0 Å². The van der Waals surface area contributed by atoms with E-state index >= 15 is 0 Å². The predicted octanol–water partition coefficient (Wildman–Crippen LogP) is 3.71. The molecule has 15 heavy (non-hydrogen) atoms. The van der Waals surface area contributed by atoms with Crippen LogP contribution in [0.1, 0.15) is 29.3 Å². The van der Waals surface area contributed by atoms with Gasteiger partial charge < -0.3 is 4.42 Å². The number of thiazole rings is 1. The first kappa shape index (κ1) is 9.48. The quantitative estimate of drug-likeness (QED) is 0.823. The molecule has 0 aromatic carbocycles. The molecule has 2 aromatic rings. The zero-order chi connectivity index (χ0) is 10.3. The lowest BCUT2D eigenvalue weighted by molar-refractivity contribution is 0.581. The van der Waals surface area contributed by atoms with Crippen LogP contribution in [-0.2, 0) is 5.75 Å². The molecule has 0 atom stereocenters. The molecule has 0 spiro atoms. The Morgan fingerprint density at radius 1 is 1.53 bits per heavy atom. The summed E-state index contributed by atoms with van der Waals surface area (Å²) >= 11 is 6.06. The molecule has 0 saturated heterocycles. The van der Waals surface area contributed by atoms with Gasteiger partial charge in [0.05, 0.1) is 12.0 Å². The molecule has 78 valence electrons. The zero-order valence-electron chi connectivity index (χ0n) is 8.14. The van der Waals surface area contributed by atoms with Crippen LogP contribution < -0.4 is 0 Å². The van der Waals surface area contributed by atoms with Crippen molar-refractivity contribution in [2.75, 3.05) is 0 Å². The average Bonchev–Trinajstić information content (AvgIpc) is 2.83. The first-order valence-corrected chi connectivity index (χ1v) is 6.47.